The molecule has 1 aliphatic heterocycles. The first-order chi connectivity index (χ1) is 7.44. The van der Waals surface area contributed by atoms with Gasteiger partial charge in [0.05, 0.1) is 6.04 Å². The van der Waals surface area contributed by atoms with Crippen LogP contribution in [-0.4, -0.2) is 42.0 Å². The summed E-state index contributed by atoms with van der Waals surface area (Å²) in [5.41, 5.74) is 5.52. The van der Waals surface area contributed by atoms with Crippen LogP contribution in [0.4, 0.5) is 0 Å². The summed E-state index contributed by atoms with van der Waals surface area (Å²) in [6.07, 6.45) is 3.22. The lowest BCUT2D eigenvalue weighted by Crippen LogP contribution is -2.50. The summed E-state index contributed by atoms with van der Waals surface area (Å²) in [5.74, 6) is 0.143. The molecular weight excluding hydrogens is 273 g/mol. The minimum absolute atomic E-state index is 0. The Morgan fingerprint density at radius 2 is 2.06 bits per heavy atom. The molecule has 0 aromatic carbocycles. The maximum atomic E-state index is 12.0. The van der Waals surface area contributed by atoms with Crippen molar-refractivity contribution in [3.8, 4) is 0 Å². The number of halogens is 2. The van der Waals surface area contributed by atoms with E-state index in [1.807, 2.05) is 13.8 Å². The van der Waals surface area contributed by atoms with Crippen LogP contribution in [0.1, 0.15) is 40.0 Å². The van der Waals surface area contributed by atoms with Crippen molar-refractivity contribution in [1.29, 1.82) is 0 Å². The molecule has 1 unspecified atom stereocenters. The fourth-order valence-electron chi connectivity index (χ4n) is 2.11. The molecule has 0 aromatic heterocycles. The Kier molecular flexibility index (Phi) is 10.1. The maximum Gasteiger partial charge on any atom is 0.237 e. The summed E-state index contributed by atoms with van der Waals surface area (Å²) in [6.45, 7) is 8.61. The van der Waals surface area contributed by atoms with Gasteiger partial charge in [-0.25, -0.2) is 0 Å². The summed E-state index contributed by atoms with van der Waals surface area (Å²) in [5, 5.41) is 2.95. The van der Waals surface area contributed by atoms with Gasteiger partial charge < -0.3 is 11.1 Å². The number of carbonyl (C=O) groups is 1. The Labute approximate surface area is 123 Å². The zero-order valence-electron chi connectivity index (χ0n) is 11.6. The highest BCUT2D eigenvalue weighted by Gasteiger charge is 2.30. The Balaban J connectivity index is 0. The van der Waals surface area contributed by atoms with Crippen LogP contribution < -0.4 is 11.1 Å². The van der Waals surface area contributed by atoms with Crippen LogP contribution in [0.3, 0.4) is 0 Å². The van der Waals surface area contributed by atoms with Crippen molar-refractivity contribution < 1.29 is 4.79 Å². The first kappa shape index (κ1) is 20.3. The van der Waals surface area contributed by atoms with E-state index in [1.54, 1.807) is 0 Å². The van der Waals surface area contributed by atoms with E-state index >= 15 is 0 Å². The van der Waals surface area contributed by atoms with Crippen LogP contribution in [-0.2, 0) is 4.79 Å². The van der Waals surface area contributed by atoms with E-state index in [2.05, 4.69) is 17.1 Å². The third kappa shape index (κ3) is 6.78. The average molecular weight is 300 g/mol. The Morgan fingerprint density at radius 1 is 1.44 bits per heavy atom. The van der Waals surface area contributed by atoms with E-state index in [4.69, 9.17) is 5.73 Å². The summed E-state index contributed by atoms with van der Waals surface area (Å²) in [7, 11) is 0. The van der Waals surface area contributed by atoms with Gasteiger partial charge in [0.15, 0.2) is 0 Å². The monoisotopic (exact) mass is 299 g/mol. The van der Waals surface area contributed by atoms with Gasteiger partial charge in [-0.3, -0.25) is 9.69 Å². The number of amides is 1. The van der Waals surface area contributed by atoms with Crippen molar-refractivity contribution in [2.45, 2.75) is 51.6 Å². The first-order valence-corrected chi connectivity index (χ1v) is 6.24. The lowest BCUT2D eigenvalue weighted by atomic mass is 10.1. The van der Waals surface area contributed by atoms with Crippen LogP contribution in [0.25, 0.3) is 0 Å². The number of likely N-dealkylation sites (tertiary alicyclic amines) is 1. The van der Waals surface area contributed by atoms with Crippen LogP contribution >= 0.6 is 24.8 Å². The van der Waals surface area contributed by atoms with E-state index in [-0.39, 0.29) is 42.3 Å². The molecule has 0 spiro atoms. The molecule has 4 nitrogen and oxygen atoms in total. The van der Waals surface area contributed by atoms with Crippen LogP contribution in [0.2, 0.25) is 0 Å². The molecule has 1 heterocycles. The van der Waals surface area contributed by atoms with Crippen molar-refractivity contribution in [3.63, 3.8) is 0 Å². The smallest absolute Gasteiger partial charge is 0.237 e. The van der Waals surface area contributed by atoms with Crippen molar-refractivity contribution in [2.24, 2.45) is 5.73 Å². The minimum atomic E-state index is -0.330. The van der Waals surface area contributed by atoms with Gasteiger partial charge in [0.25, 0.3) is 0 Å². The van der Waals surface area contributed by atoms with E-state index in [0.717, 1.165) is 32.4 Å². The van der Waals surface area contributed by atoms with Gasteiger partial charge >= 0.3 is 0 Å². The van der Waals surface area contributed by atoms with E-state index in [9.17, 15) is 4.79 Å². The summed E-state index contributed by atoms with van der Waals surface area (Å²) >= 11 is 0. The lowest BCUT2D eigenvalue weighted by molar-refractivity contribution is -0.125. The lowest BCUT2D eigenvalue weighted by Gasteiger charge is -2.25. The number of rotatable bonds is 5. The van der Waals surface area contributed by atoms with E-state index < -0.39 is 0 Å². The standard InChI is InChI=1S/C12H25N3O.2ClH/c1-4-7-15-8-5-6-10(15)11(16)14-9-12(2,3)13;;/h10H,4-9,13H2,1-3H3,(H,14,16);2*1H. The largest absolute Gasteiger partial charge is 0.353 e. The molecular formula is C12H27Cl2N3O. The fraction of sp³-hybridized carbons (Fsp3) is 0.917. The number of hydrogen-bond donors (Lipinski definition) is 2. The predicted molar refractivity (Wildman–Crippen MR) is 80.7 cm³/mol. The van der Waals surface area contributed by atoms with Crippen LogP contribution in [0.15, 0.2) is 0 Å². The third-order valence-electron chi connectivity index (χ3n) is 2.90. The van der Waals surface area contributed by atoms with Gasteiger partial charge in [-0.1, -0.05) is 6.92 Å². The second kappa shape index (κ2) is 8.97. The van der Waals surface area contributed by atoms with Gasteiger partial charge in [0, 0.05) is 12.1 Å². The molecule has 1 amide bonds. The molecule has 18 heavy (non-hydrogen) atoms. The van der Waals surface area contributed by atoms with Crippen LogP contribution in [0.5, 0.6) is 0 Å². The quantitative estimate of drug-likeness (QED) is 0.810. The van der Waals surface area contributed by atoms with Gasteiger partial charge in [-0.05, 0) is 46.2 Å². The van der Waals surface area contributed by atoms with Gasteiger partial charge in [0.2, 0.25) is 5.91 Å². The molecule has 1 saturated heterocycles. The number of nitrogens with one attached hydrogen (secondary N) is 1. The molecule has 1 rings (SSSR count). The summed E-state index contributed by atoms with van der Waals surface area (Å²) in [6, 6.07) is 0.0716. The molecule has 0 radical (unpaired) electrons. The van der Waals surface area contributed by atoms with E-state index in [0.29, 0.717) is 6.54 Å². The van der Waals surface area contributed by atoms with E-state index in [1.165, 1.54) is 0 Å². The highest BCUT2D eigenvalue weighted by Crippen LogP contribution is 2.17. The van der Waals surface area contributed by atoms with Crippen molar-refractivity contribution in [1.82, 2.24) is 10.2 Å². The molecule has 1 fully saturated rings. The molecule has 1 aliphatic rings. The zero-order valence-corrected chi connectivity index (χ0v) is 13.2. The molecule has 6 heteroatoms. The SMILES string of the molecule is CCCN1CCCC1C(=O)NCC(C)(C)N.Cl.Cl. The topological polar surface area (TPSA) is 58.4 Å². The Bertz CT molecular complexity index is 244. The highest BCUT2D eigenvalue weighted by molar-refractivity contribution is 5.85. The number of carbonyl (C=O) groups excluding carboxylic acids is 1. The molecule has 0 saturated carbocycles. The van der Waals surface area contributed by atoms with Gasteiger partial charge in [-0.2, -0.15) is 0 Å². The van der Waals surface area contributed by atoms with Gasteiger partial charge in [0.1, 0.15) is 0 Å². The summed E-state index contributed by atoms with van der Waals surface area (Å²) < 4.78 is 0. The minimum Gasteiger partial charge on any atom is -0.353 e. The second-order valence-electron chi connectivity index (χ2n) is 5.40. The molecule has 0 bridgehead atoms. The highest BCUT2D eigenvalue weighted by atomic mass is 35.5. The predicted octanol–water partition coefficient (Wildman–Crippen LogP) is 1.56. The molecule has 110 valence electrons. The van der Waals surface area contributed by atoms with Crippen molar-refractivity contribution >= 4 is 30.7 Å². The third-order valence-corrected chi connectivity index (χ3v) is 2.90. The number of nitrogens with two attached hydrogens (primary N) is 1. The normalized spacial score (nSPS) is 19.9. The van der Waals surface area contributed by atoms with Gasteiger partial charge in [-0.15, -0.1) is 24.8 Å². The summed E-state index contributed by atoms with van der Waals surface area (Å²) in [4.78, 5) is 14.2. The Morgan fingerprint density at radius 3 is 2.56 bits per heavy atom. The second-order valence-corrected chi connectivity index (χ2v) is 5.40. The van der Waals surface area contributed by atoms with Crippen LogP contribution in [0, 0.1) is 0 Å². The number of nitrogens with zero attached hydrogens (tertiary/aromatic N) is 1. The fourth-order valence-corrected chi connectivity index (χ4v) is 2.11. The van der Waals surface area contributed by atoms with Crippen molar-refractivity contribution in [3.05, 3.63) is 0 Å². The molecule has 1 atom stereocenters. The zero-order chi connectivity index (χ0) is 12.2. The average Bonchev–Trinajstić information content (AvgIpc) is 2.62. The van der Waals surface area contributed by atoms with Crippen molar-refractivity contribution in [2.75, 3.05) is 19.6 Å². The molecule has 0 aliphatic carbocycles. The molecule has 3 N–H and O–H groups in total. The molecule has 0 aromatic rings. The number of hydrogen-bond acceptors (Lipinski definition) is 3. The Hall–Kier alpha value is -0.0300. The maximum absolute atomic E-state index is 12.0. The first-order valence-electron chi connectivity index (χ1n) is 6.24.